The lowest BCUT2D eigenvalue weighted by Crippen LogP contribution is -2.39. The third kappa shape index (κ3) is 5.78. The topological polar surface area (TPSA) is 73.8 Å². The van der Waals surface area contributed by atoms with E-state index in [1.165, 1.54) is 0 Å². The van der Waals surface area contributed by atoms with E-state index in [0.717, 1.165) is 37.2 Å². The van der Waals surface area contributed by atoms with Crippen LogP contribution < -0.4 is 15.5 Å². The Hall–Kier alpha value is -2.44. The normalized spacial score (nSPS) is 15.1. The molecule has 3 N–H and O–H groups in total. The molecule has 2 aromatic carbocycles. The Balaban J connectivity index is 1.56. The van der Waals surface area contributed by atoms with Crippen LogP contribution in [0.15, 0.2) is 42.5 Å². The number of phenolic OH excluding ortho intramolecular Hbond substituents is 1. The van der Waals surface area contributed by atoms with E-state index in [4.69, 9.17) is 16.3 Å². The number of aryl methyl sites for hydroxylation is 1. The number of carbonyl (C=O) groups excluding carboxylic acids is 1. The van der Waals surface area contributed by atoms with Crippen LogP contribution in [-0.4, -0.2) is 43.5 Å². The number of hydrogen-bond acceptors (Lipinski definition) is 4. The SMILES string of the molecule is C[C@@H](CCc1ccc(O)cc1)NC(=O)Nc1cc(Cl)ccc1N1CCOCC1. The standard InChI is InChI=1S/C21H26ClN3O3/c1-15(2-3-16-4-7-18(26)8-5-16)23-21(27)24-19-14-17(22)6-9-20(19)25-10-12-28-13-11-25/h4-9,14-15,26H,2-3,10-13H2,1H3,(H2,23,24,27)/t15-/m0/s1. The maximum absolute atomic E-state index is 12.5. The Labute approximate surface area is 170 Å². The molecule has 7 heteroatoms. The molecule has 1 atom stereocenters. The zero-order valence-electron chi connectivity index (χ0n) is 16.0. The molecule has 1 aliphatic heterocycles. The van der Waals surface area contributed by atoms with E-state index in [1.54, 1.807) is 18.2 Å². The smallest absolute Gasteiger partial charge is 0.319 e. The largest absolute Gasteiger partial charge is 0.508 e. The van der Waals surface area contributed by atoms with Gasteiger partial charge in [0.25, 0.3) is 0 Å². The highest BCUT2D eigenvalue weighted by atomic mass is 35.5. The number of morpholine rings is 1. The lowest BCUT2D eigenvalue weighted by Gasteiger charge is -2.30. The summed E-state index contributed by atoms with van der Waals surface area (Å²) in [5, 5.41) is 15.8. The second-order valence-corrected chi connectivity index (χ2v) is 7.40. The lowest BCUT2D eigenvalue weighted by atomic mass is 10.1. The summed E-state index contributed by atoms with van der Waals surface area (Å²) in [6, 6.07) is 12.4. The van der Waals surface area contributed by atoms with Crippen molar-refractivity contribution in [3.8, 4) is 5.75 Å². The number of amides is 2. The third-order valence-electron chi connectivity index (χ3n) is 4.74. The molecule has 2 amide bonds. The Morgan fingerprint density at radius 2 is 1.93 bits per heavy atom. The van der Waals surface area contributed by atoms with Crippen LogP contribution in [-0.2, 0) is 11.2 Å². The number of rotatable bonds is 6. The molecular formula is C21H26ClN3O3. The van der Waals surface area contributed by atoms with Gasteiger partial charge in [-0.05, 0) is 55.7 Å². The summed E-state index contributed by atoms with van der Waals surface area (Å²) in [6.07, 6.45) is 1.61. The fraction of sp³-hybridized carbons (Fsp3) is 0.381. The molecule has 1 heterocycles. The number of nitrogens with zero attached hydrogens (tertiary/aromatic N) is 1. The fourth-order valence-corrected chi connectivity index (χ4v) is 3.36. The van der Waals surface area contributed by atoms with Gasteiger partial charge in [0.05, 0.1) is 24.6 Å². The molecule has 3 rings (SSSR count). The summed E-state index contributed by atoms with van der Waals surface area (Å²) in [6.45, 7) is 4.87. The number of phenols is 1. The minimum atomic E-state index is -0.255. The molecular weight excluding hydrogens is 378 g/mol. The Kier molecular flexibility index (Phi) is 7.01. The molecule has 0 saturated carbocycles. The number of benzene rings is 2. The average molecular weight is 404 g/mol. The second kappa shape index (κ2) is 9.66. The fourth-order valence-electron chi connectivity index (χ4n) is 3.19. The van der Waals surface area contributed by atoms with Crippen LogP contribution in [0.3, 0.4) is 0 Å². The summed E-state index contributed by atoms with van der Waals surface area (Å²) in [7, 11) is 0. The molecule has 0 aliphatic carbocycles. The first-order chi connectivity index (χ1) is 13.5. The van der Waals surface area contributed by atoms with Gasteiger partial charge >= 0.3 is 6.03 Å². The van der Waals surface area contributed by atoms with Gasteiger partial charge in [-0.15, -0.1) is 0 Å². The Morgan fingerprint density at radius 1 is 1.21 bits per heavy atom. The summed E-state index contributed by atoms with van der Waals surface area (Å²) in [5.74, 6) is 0.256. The number of nitrogens with one attached hydrogen (secondary N) is 2. The van der Waals surface area contributed by atoms with Crippen molar-refractivity contribution in [2.45, 2.75) is 25.8 Å². The van der Waals surface area contributed by atoms with Crippen molar-refractivity contribution in [1.82, 2.24) is 5.32 Å². The lowest BCUT2D eigenvalue weighted by molar-refractivity contribution is 0.123. The van der Waals surface area contributed by atoms with E-state index in [9.17, 15) is 9.90 Å². The third-order valence-corrected chi connectivity index (χ3v) is 4.97. The first-order valence-corrected chi connectivity index (χ1v) is 9.87. The van der Waals surface area contributed by atoms with E-state index >= 15 is 0 Å². The number of ether oxygens (including phenoxy) is 1. The van der Waals surface area contributed by atoms with E-state index in [0.29, 0.717) is 23.9 Å². The van der Waals surface area contributed by atoms with Crippen molar-refractivity contribution in [2.24, 2.45) is 0 Å². The number of aromatic hydroxyl groups is 1. The van der Waals surface area contributed by atoms with Crippen LogP contribution in [0.5, 0.6) is 5.75 Å². The van der Waals surface area contributed by atoms with Gasteiger partial charge < -0.3 is 25.4 Å². The first kappa shape index (κ1) is 20.3. The van der Waals surface area contributed by atoms with Gasteiger partial charge in [-0.25, -0.2) is 4.79 Å². The maximum atomic E-state index is 12.5. The second-order valence-electron chi connectivity index (χ2n) is 6.97. The Morgan fingerprint density at radius 3 is 2.64 bits per heavy atom. The van der Waals surface area contributed by atoms with Crippen molar-refractivity contribution in [1.29, 1.82) is 0 Å². The first-order valence-electron chi connectivity index (χ1n) is 9.49. The molecule has 0 unspecified atom stereocenters. The van der Waals surface area contributed by atoms with Crippen LogP contribution in [0.25, 0.3) is 0 Å². The van der Waals surface area contributed by atoms with Gasteiger partial charge in [0, 0.05) is 24.2 Å². The molecule has 1 saturated heterocycles. The molecule has 1 aliphatic rings. The highest BCUT2D eigenvalue weighted by Crippen LogP contribution is 2.29. The predicted molar refractivity (Wildman–Crippen MR) is 113 cm³/mol. The molecule has 0 aromatic heterocycles. The predicted octanol–water partition coefficient (Wildman–Crippen LogP) is 4.03. The number of hydrogen-bond donors (Lipinski definition) is 3. The minimum absolute atomic E-state index is 0.000163. The van der Waals surface area contributed by atoms with Crippen LogP contribution in [0.1, 0.15) is 18.9 Å². The summed E-state index contributed by atoms with van der Waals surface area (Å²) in [4.78, 5) is 14.7. The quantitative estimate of drug-likeness (QED) is 0.681. The molecule has 1 fully saturated rings. The minimum Gasteiger partial charge on any atom is -0.508 e. The van der Waals surface area contributed by atoms with Gasteiger partial charge in [0.1, 0.15) is 5.75 Å². The molecule has 6 nitrogen and oxygen atoms in total. The molecule has 28 heavy (non-hydrogen) atoms. The number of anilines is 2. The number of carbonyl (C=O) groups is 1. The highest BCUT2D eigenvalue weighted by molar-refractivity contribution is 6.31. The van der Waals surface area contributed by atoms with E-state index in [1.807, 2.05) is 31.2 Å². The molecule has 0 bridgehead atoms. The van der Waals surface area contributed by atoms with Crippen LogP contribution in [0.4, 0.5) is 16.2 Å². The van der Waals surface area contributed by atoms with Crippen LogP contribution in [0, 0.1) is 0 Å². The van der Waals surface area contributed by atoms with Crippen molar-refractivity contribution in [2.75, 3.05) is 36.5 Å². The zero-order chi connectivity index (χ0) is 19.9. The highest BCUT2D eigenvalue weighted by Gasteiger charge is 2.17. The molecule has 2 aromatic rings. The van der Waals surface area contributed by atoms with Crippen LogP contribution in [0.2, 0.25) is 5.02 Å². The summed E-state index contributed by atoms with van der Waals surface area (Å²) >= 11 is 6.14. The van der Waals surface area contributed by atoms with Gasteiger partial charge in [-0.3, -0.25) is 0 Å². The molecule has 0 radical (unpaired) electrons. The number of halogens is 1. The molecule has 0 spiro atoms. The maximum Gasteiger partial charge on any atom is 0.319 e. The van der Waals surface area contributed by atoms with E-state index < -0.39 is 0 Å². The van der Waals surface area contributed by atoms with Gasteiger partial charge in [0.15, 0.2) is 0 Å². The van der Waals surface area contributed by atoms with E-state index in [-0.39, 0.29) is 17.8 Å². The summed E-state index contributed by atoms with van der Waals surface area (Å²) < 4.78 is 5.41. The van der Waals surface area contributed by atoms with Gasteiger partial charge in [-0.2, -0.15) is 0 Å². The summed E-state index contributed by atoms with van der Waals surface area (Å²) in [5.41, 5.74) is 2.76. The van der Waals surface area contributed by atoms with Crippen molar-refractivity contribution in [3.05, 3.63) is 53.1 Å². The number of urea groups is 1. The van der Waals surface area contributed by atoms with Crippen molar-refractivity contribution < 1.29 is 14.6 Å². The van der Waals surface area contributed by atoms with Gasteiger partial charge in [0.2, 0.25) is 0 Å². The Bertz CT molecular complexity index is 792. The van der Waals surface area contributed by atoms with Crippen molar-refractivity contribution >= 4 is 29.0 Å². The monoisotopic (exact) mass is 403 g/mol. The molecule has 150 valence electrons. The van der Waals surface area contributed by atoms with Crippen molar-refractivity contribution in [3.63, 3.8) is 0 Å². The van der Waals surface area contributed by atoms with E-state index in [2.05, 4.69) is 15.5 Å². The zero-order valence-corrected chi connectivity index (χ0v) is 16.7. The van der Waals surface area contributed by atoms with Gasteiger partial charge in [-0.1, -0.05) is 23.7 Å². The van der Waals surface area contributed by atoms with Crippen LogP contribution >= 0.6 is 11.6 Å². The average Bonchev–Trinajstić information content (AvgIpc) is 2.68.